The third kappa shape index (κ3) is 3.47. The highest BCUT2D eigenvalue weighted by atomic mass is 79.9. The van der Waals surface area contributed by atoms with E-state index in [0.29, 0.717) is 10.0 Å². The quantitative estimate of drug-likeness (QED) is 0.778. The van der Waals surface area contributed by atoms with E-state index in [1.807, 2.05) is 43.3 Å². The maximum Gasteiger partial charge on any atom is 0.106 e. The number of hydrogen-bond donors (Lipinski definition) is 2. The largest absolute Gasteiger partial charge is 0.389 e. The van der Waals surface area contributed by atoms with Crippen molar-refractivity contribution in [2.24, 2.45) is 5.73 Å². The van der Waals surface area contributed by atoms with E-state index in [0.717, 1.165) is 27.0 Å². The normalized spacial score (nSPS) is 10.3. The molecule has 0 unspecified atom stereocenters. The van der Waals surface area contributed by atoms with Crippen molar-refractivity contribution in [1.29, 1.82) is 0 Å². The SMILES string of the molecule is Cc1ccc(C(N)=S)c(Nc2cc(Br)ccc2Cl)c1. The molecule has 0 bridgehead atoms. The number of thiocarbonyl (C=S) groups is 1. The first-order valence-electron chi connectivity index (χ1n) is 5.60. The Labute approximate surface area is 131 Å². The number of nitrogens with two attached hydrogens (primary N) is 1. The van der Waals surface area contributed by atoms with E-state index in [-0.39, 0.29) is 0 Å². The van der Waals surface area contributed by atoms with E-state index in [9.17, 15) is 0 Å². The predicted octanol–water partition coefficient (Wildman–Crippen LogP) is 4.79. The molecule has 2 aromatic rings. The number of benzene rings is 2. The maximum atomic E-state index is 6.17. The van der Waals surface area contributed by atoms with Crippen molar-refractivity contribution in [2.75, 3.05) is 5.32 Å². The summed E-state index contributed by atoms with van der Waals surface area (Å²) in [7, 11) is 0. The second kappa shape index (κ2) is 5.90. The number of anilines is 2. The summed E-state index contributed by atoms with van der Waals surface area (Å²) in [6, 6.07) is 11.5. The highest BCUT2D eigenvalue weighted by Crippen LogP contribution is 2.30. The Morgan fingerprint density at radius 2 is 1.95 bits per heavy atom. The number of rotatable bonds is 3. The van der Waals surface area contributed by atoms with Crippen LogP contribution in [-0.2, 0) is 0 Å². The van der Waals surface area contributed by atoms with Crippen LogP contribution in [0.25, 0.3) is 0 Å². The highest BCUT2D eigenvalue weighted by molar-refractivity contribution is 9.10. The molecule has 0 radical (unpaired) electrons. The molecule has 19 heavy (non-hydrogen) atoms. The first-order chi connectivity index (χ1) is 8.97. The van der Waals surface area contributed by atoms with Crippen molar-refractivity contribution in [3.63, 3.8) is 0 Å². The van der Waals surface area contributed by atoms with Crippen molar-refractivity contribution in [3.05, 3.63) is 57.0 Å². The fourth-order valence-corrected chi connectivity index (χ4v) is 2.42. The first-order valence-corrected chi connectivity index (χ1v) is 7.18. The lowest BCUT2D eigenvalue weighted by molar-refractivity contribution is 1.43. The van der Waals surface area contributed by atoms with Gasteiger partial charge in [-0.05, 0) is 42.8 Å². The lowest BCUT2D eigenvalue weighted by Crippen LogP contribution is -2.12. The van der Waals surface area contributed by atoms with Gasteiger partial charge in [0.15, 0.2) is 0 Å². The predicted molar refractivity (Wildman–Crippen MR) is 89.5 cm³/mol. The number of halogens is 2. The summed E-state index contributed by atoms with van der Waals surface area (Å²) < 4.78 is 0.948. The molecule has 98 valence electrons. The van der Waals surface area contributed by atoms with Crippen LogP contribution in [0.3, 0.4) is 0 Å². The summed E-state index contributed by atoms with van der Waals surface area (Å²) >= 11 is 14.7. The van der Waals surface area contributed by atoms with Crippen LogP contribution >= 0.6 is 39.7 Å². The number of nitrogens with one attached hydrogen (secondary N) is 1. The summed E-state index contributed by atoms with van der Waals surface area (Å²) in [6.07, 6.45) is 0. The standard InChI is InChI=1S/C14H12BrClN2S/c1-8-2-4-10(14(17)19)12(6-8)18-13-7-9(15)3-5-11(13)16/h2-7,18H,1H3,(H2,17,19). The zero-order valence-corrected chi connectivity index (χ0v) is 13.4. The maximum absolute atomic E-state index is 6.17. The van der Waals surface area contributed by atoms with E-state index in [2.05, 4.69) is 21.2 Å². The molecule has 5 heteroatoms. The van der Waals surface area contributed by atoms with Gasteiger partial charge in [-0.15, -0.1) is 0 Å². The zero-order chi connectivity index (χ0) is 14.0. The topological polar surface area (TPSA) is 38.0 Å². The summed E-state index contributed by atoms with van der Waals surface area (Å²) in [6.45, 7) is 2.01. The minimum atomic E-state index is 0.355. The van der Waals surface area contributed by atoms with E-state index < -0.39 is 0 Å². The Balaban J connectivity index is 2.45. The van der Waals surface area contributed by atoms with Crippen LogP contribution < -0.4 is 11.1 Å². The van der Waals surface area contributed by atoms with Crippen LogP contribution in [-0.4, -0.2) is 4.99 Å². The van der Waals surface area contributed by atoms with Crippen LogP contribution in [0.2, 0.25) is 5.02 Å². The Morgan fingerprint density at radius 1 is 1.21 bits per heavy atom. The highest BCUT2D eigenvalue weighted by Gasteiger charge is 2.08. The van der Waals surface area contributed by atoms with Gasteiger partial charge in [0, 0.05) is 15.7 Å². The van der Waals surface area contributed by atoms with Crippen molar-refractivity contribution in [3.8, 4) is 0 Å². The van der Waals surface area contributed by atoms with Crippen LogP contribution in [0.1, 0.15) is 11.1 Å². The summed E-state index contributed by atoms with van der Waals surface area (Å²) in [5, 5.41) is 3.91. The van der Waals surface area contributed by atoms with Crippen LogP contribution in [0.5, 0.6) is 0 Å². The van der Waals surface area contributed by atoms with Crippen LogP contribution in [0, 0.1) is 6.92 Å². The molecule has 0 fully saturated rings. The second-order valence-corrected chi connectivity index (χ2v) is 5.93. The molecule has 0 spiro atoms. The fourth-order valence-electron chi connectivity index (χ4n) is 1.71. The average Bonchev–Trinajstić information content (AvgIpc) is 2.33. The summed E-state index contributed by atoms with van der Waals surface area (Å²) in [4.78, 5) is 0.355. The third-order valence-corrected chi connectivity index (χ3v) is 3.68. The zero-order valence-electron chi connectivity index (χ0n) is 10.2. The van der Waals surface area contributed by atoms with Gasteiger partial charge in [0.25, 0.3) is 0 Å². The van der Waals surface area contributed by atoms with Crippen LogP contribution in [0.4, 0.5) is 11.4 Å². The smallest absolute Gasteiger partial charge is 0.106 e. The minimum Gasteiger partial charge on any atom is -0.389 e. The molecule has 0 saturated carbocycles. The molecule has 2 nitrogen and oxygen atoms in total. The summed E-state index contributed by atoms with van der Waals surface area (Å²) in [5.74, 6) is 0. The van der Waals surface area contributed by atoms with Gasteiger partial charge in [-0.1, -0.05) is 45.8 Å². The molecular formula is C14H12BrClN2S. The van der Waals surface area contributed by atoms with Crippen molar-refractivity contribution in [2.45, 2.75) is 6.92 Å². The number of hydrogen-bond acceptors (Lipinski definition) is 2. The molecule has 0 heterocycles. The molecule has 0 amide bonds. The van der Waals surface area contributed by atoms with Gasteiger partial charge < -0.3 is 11.1 Å². The molecule has 0 aliphatic carbocycles. The Bertz CT molecular complexity index is 643. The van der Waals surface area contributed by atoms with Crippen LogP contribution in [0.15, 0.2) is 40.9 Å². The van der Waals surface area contributed by atoms with Crippen molar-refractivity contribution in [1.82, 2.24) is 0 Å². The minimum absolute atomic E-state index is 0.355. The average molecular weight is 356 g/mol. The number of aryl methyl sites for hydroxylation is 1. The van der Waals surface area contributed by atoms with Gasteiger partial charge in [0.1, 0.15) is 4.99 Å². The lowest BCUT2D eigenvalue weighted by Gasteiger charge is -2.13. The Hall–Kier alpha value is -1.10. The Morgan fingerprint density at radius 3 is 2.63 bits per heavy atom. The molecule has 0 aromatic heterocycles. The van der Waals surface area contributed by atoms with E-state index in [4.69, 9.17) is 29.6 Å². The van der Waals surface area contributed by atoms with E-state index >= 15 is 0 Å². The third-order valence-electron chi connectivity index (χ3n) is 2.64. The second-order valence-electron chi connectivity index (χ2n) is 4.16. The molecular weight excluding hydrogens is 344 g/mol. The molecule has 2 aromatic carbocycles. The van der Waals surface area contributed by atoms with Gasteiger partial charge >= 0.3 is 0 Å². The monoisotopic (exact) mass is 354 g/mol. The molecule has 0 aliphatic rings. The molecule has 2 rings (SSSR count). The van der Waals surface area contributed by atoms with Crippen molar-refractivity contribution >= 4 is 56.1 Å². The molecule has 0 aliphatic heterocycles. The molecule has 0 atom stereocenters. The molecule has 3 N–H and O–H groups in total. The van der Waals surface area contributed by atoms with Gasteiger partial charge in [-0.25, -0.2) is 0 Å². The van der Waals surface area contributed by atoms with Gasteiger partial charge in [0.2, 0.25) is 0 Å². The molecule has 0 saturated heterocycles. The van der Waals surface area contributed by atoms with E-state index in [1.165, 1.54) is 0 Å². The van der Waals surface area contributed by atoms with E-state index in [1.54, 1.807) is 0 Å². The lowest BCUT2D eigenvalue weighted by atomic mass is 10.1. The van der Waals surface area contributed by atoms with Gasteiger partial charge in [-0.3, -0.25) is 0 Å². The fraction of sp³-hybridized carbons (Fsp3) is 0.0714. The van der Waals surface area contributed by atoms with Gasteiger partial charge in [-0.2, -0.15) is 0 Å². The van der Waals surface area contributed by atoms with Gasteiger partial charge in [0.05, 0.1) is 10.7 Å². The first kappa shape index (κ1) is 14.3. The summed E-state index contributed by atoms with van der Waals surface area (Å²) in [5.41, 5.74) is 9.32. The Kier molecular flexibility index (Phi) is 4.45. The van der Waals surface area contributed by atoms with Crippen molar-refractivity contribution < 1.29 is 0 Å².